The van der Waals surface area contributed by atoms with E-state index in [0.29, 0.717) is 31.8 Å². The molecule has 1 amide bonds. The number of hydrogen-bond acceptors (Lipinski definition) is 3. The fourth-order valence-electron chi connectivity index (χ4n) is 1.74. The summed E-state index contributed by atoms with van der Waals surface area (Å²) in [4.78, 5) is 13.6. The van der Waals surface area contributed by atoms with E-state index in [1.165, 1.54) is 12.8 Å². The van der Waals surface area contributed by atoms with Crippen molar-refractivity contribution in [2.24, 2.45) is 11.7 Å². The van der Waals surface area contributed by atoms with Crippen LogP contribution in [0.3, 0.4) is 0 Å². The molecule has 1 aliphatic carbocycles. The van der Waals surface area contributed by atoms with Gasteiger partial charge in [0.05, 0.1) is 0 Å². The maximum atomic E-state index is 11.8. The van der Waals surface area contributed by atoms with Crippen molar-refractivity contribution < 1.29 is 9.90 Å². The van der Waals surface area contributed by atoms with E-state index in [0.717, 1.165) is 0 Å². The van der Waals surface area contributed by atoms with Crippen LogP contribution in [0.4, 0.5) is 0 Å². The van der Waals surface area contributed by atoms with E-state index in [9.17, 15) is 4.79 Å². The molecule has 0 radical (unpaired) electrons. The first-order valence-corrected chi connectivity index (χ1v) is 5.83. The van der Waals surface area contributed by atoms with Crippen LogP contribution in [0.5, 0.6) is 0 Å². The van der Waals surface area contributed by atoms with Gasteiger partial charge in [-0.3, -0.25) is 4.79 Å². The highest BCUT2D eigenvalue weighted by Crippen LogP contribution is 2.32. The number of amides is 1. The van der Waals surface area contributed by atoms with Gasteiger partial charge in [0.25, 0.3) is 0 Å². The van der Waals surface area contributed by atoms with Crippen molar-refractivity contribution in [2.45, 2.75) is 38.6 Å². The molecule has 15 heavy (non-hydrogen) atoms. The lowest BCUT2D eigenvalue weighted by Gasteiger charge is -2.22. The molecule has 1 atom stereocenters. The smallest absolute Gasteiger partial charge is 0.224 e. The number of hydrogen-bond donors (Lipinski definition) is 2. The van der Waals surface area contributed by atoms with Crippen molar-refractivity contribution in [3.8, 4) is 0 Å². The van der Waals surface area contributed by atoms with Gasteiger partial charge in [0.15, 0.2) is 0 Å². The third-order valence-corrected chi connectivity index (χ3v) is 2.96. The first kappa shape index (κ1) is 12.5. The van der Waals surface area contributed by atoms with E-state index >= 15 is 0 Å². The zero-order valence-corrected chi connectivity index (χ0v) is 9.48. The normalized spacial score (nSPS) is 17.5. The van der Waals surface area contributed by atoms with Crippen LogP contribution in [0, 0.1) is 5.92 Å². The van der Waals surface area contributed by atoms with E-state index in [2.05, 4.69) is 0 Å². The summed E-state index contributed by atoms with van der Waals surface area (Å²) in [6.45, 7) is 3.44. The molecule has 4 heteroatoms. The Labute approximate surface area is 91.4 Å². The number of carbonyl (C=O) groups is 1. The Morgan fingerprint density at radius 2 is 2.27 bits per heavy atom. The summed E-state index contributed by atoms with van der Waals surface area (Å²) in [5.41, 5.74) is 5.90. The Morgan fingerprint density at radius 3 is 2.73 bits per heavy atom. The predicted octanol–water partition coefficient (Wildman–Crippen LogP) is 0.345. The van der Waals surface area contributed by atoms with E-state index in [4.69, 9.17) is 10.8 Å². The first-order valence-electron chi connectivity index (χ1n) is 5.83. The Balaban J connectivity index is 2.27. The maximum Gasteiger partial charge on any atom is 0.224 e. The molecule has 0 aromatic carbocycles. The van der Waals surface area contributed by atoms with Gasteiger partial charge < -0.3 is 15.7 Å². The maximum absolute atomic E-state index is 11.8. The summed E-state index contributed by atoms with van der Waals surface area (Å²) in [7, 11) is 0. The highest BCUT2D eigenvalue weighted by atomic mass is 16.3. The fraction of sp³-hybridized carbons (Fsp3) is 0.909. The third-order valence-electron chi connectivity index (χ3n) is 2.96. The van der Waals surface area contributed by atoms with Gasteiger partial charge in [0, 0.05) is 32.2 Å². The first-order chi connectivity index (χ1) is 7.19. The molecular weight excluding hydrogens is 192 g/mol. The number of nitrogens with zero attached hydrogens (tertiary/aromatic N) is 1. The van der Waals surface area contributed by atoms with Crippen LogP contribution in [0.25, 0.3) is 0 Å². The molecule has 4 nitrogen and oxygen atoms in total. The molecular formula is C11H22N2O2. The monoisotopic (exact) mass is 214 g/mol. The topological polar surface area (TPSA) is 66.6 Å². The highest BCUT2D eigenvalue weighted by Gasteiger charge is 2.30. The third kappa shape index (κ3) is 4.18. The zero-order chi connectivity index (χ0) is 11.3. The van der Waals surface area contributed by atoms with Crippen molar-refractivity contribution in [1.82, 2.24) is 4.90 Å². The van der Waals surface area contributed by atoms with Gasteiger partial charge in [-0.1, -0.05) is 0 Å². The molecule has 0 spiro atoms. The molecule has 0 aromatic rings. The van der Waals surface area contributed by atoms with Gasteiger partial charge in [-0.2, -0.15) is 0 Å². The molecule has 0 aliphatic heterocycles. The minimum Gasteiger partial charge on any atom is -0.396 e. The van der Waals surface area contributed by atoms with Gasteiger partial charge in [0.1, 0.15) is 0 Å². The average molecular weight is 214 g/mol. The number of aliphatic hydroxyl groups excluding tert-OH is 1. The molecule has 1 saturated carbocycles. The average Bonchev–Trinajstić information content (AvgIpc) is 3.02. The summed E-state index contributed by atoms with van der Waals surface area (Å²) in [5, 5.41) is 8.71. The molecule has 3 N–H and O–H groups in total. The SMILES string of the molecule is CCN(CCCO)C(=O)CC(N)C1CC1. The van der Waals surface area contributed by atoms with Crippen LogP contribution in [0.1, 0.15) is 32.6 Å². The largest absolute Gasteiger partial charge is 0.396 e. The van der Waals surface area contributed by atoms with E-state index in [1.54, 1.807) is 4.90 Å². The van der Waals surface area contributed by atoms with Gasteiger partial charge in [-0.25, -0.2) is 0 Å². The van der Waals surface area contributed by atoms with Crippen LogP contribution in [0.15, 0.2) is 0 Å². The molecule has 0 bridgehead atoms. The van der Waals surface area contributed by atoms with Crippen LogP contribution in [-0.4, -0.2) is 41.7 Å². The number of carbonyl (C=O) groups excluding carboxylic acids is 1. The van der Waals surface area contributed by atoms with E-state index < -0.39 is 0 Å². The summed E-state index contributed by atoms with van der Waals surface area (Å²) in [6.07, 6.45) is 3.47. The van der Waals surface area contributed by atoms with E-state index in [-0.39, 0.29) is 18.6 Å². The Morgan fingerprint density at radius 1 is 1.60 bits per heavy atom. The Kier molecular flexibility index (Phi) is 5.05. The summed E-state index contributed by atoms with van der Waals surface area (Å²) < 4.78 is 0. The van der Waals surface area contributed by atoms with Gasteiger partial charge in [-0.15, -0.1) is 0 Å². The van der Waals surface area contributed by atoms with Crippen molar-refractivity contribution in [1.29, 1.82) is 0 Å². The Hall–Kier alpha value is -0.610. The van der Waals surface area contributed by atoms with Crippen molar-refractivity contribution in [2.75, 3.05) is 19.7 Å². The minimum absolute atomic E-state index is 0.0423. The second-order valence-corrected chi connectivity index (χ2v) is 4.26. The number of aliphatic hydroxyl groups is 1. The lowest BCUT2D eigenvalue weighted by molar-refractivity contribution is -0.131. The van der Waals surface area contributed by atoms with Crippen molar-refractivity contribution in [3.05, 3.63) is 0 Å². The predicted molar refractivity (Wildman–Crippen MR) is 59.3 cm³/mol. The molecule has 1 unspecified atom stereocenters. The lowest BCUT2D eigenvalue weighted by Crippen LogP contribution is -2.37. The van der Waals surface area contributed by atoms with Crippen LogP contribution in [0.2, 0.25) is 0 Å². The fourth-order valence-corrected chi connectivity index (χ4v) is 1.74. The number of nitrogens with two attached hydrogens (primary N) is 1. The second kappa shape index (κ2) is 6.08. The molecule has 88 valence electrons. The van der Waals surface area contributed by atoms with E-state index in [1.807, 2.05) is 6.92 Å². The highest BCUT2D eigenvalue weighted by molar-refractivity contribution is 5.76. The summed E-state index contributed by atoms with van der Waals surface area (Å²) in [5.74, 6) is 0.704. The zero-order valence-electron chi connectivity index (χ0n) is 9.48. The van der Waals surface area contributed by atoms with Crippen molar-refractivity contribution in [3.63, 3.8) is 0 Å². The van der Waals surface area contributed by atoms with Gasteiger partial charge in [0.2, 0.25) is 5.91 Å². The second-order valence-electron chi connectivity index (χ2n) is 4.26. The van der Waals surface area contributed by atoms with Crippen LogP contribution in [-0.2, 0) is 4.79 Å². The molecule has 0 aromatic heterocycles. The molecule has 1 fully saturated rings. The summed E-state index contributed by atoms with van der Waals surface area (Å²) in [6, 6.07) is 0.0423. The summed E-state index contributed by atoms with van der Waals surface area (Å²) >= 11 is 0. The molecule has 0 heterocycles. The van der Waals surface area contributed by atoms with Crippen molar-refractivity contribution >= 4 is 5.91 Å². The molecule has 1 aliphatic rings. The van der Waals surface area contributed by atoms with Gasteiger partial charge >= 0.3 is 0 Å². The standard InChI is InChI=1S/C11H22N2O2/c1-2-13(6-3-7-14)11(15)8-10(12)9-4-5-9/h9-10,14H,2-8,12H2,1H3. The number of rotatable bonds is 7. The lowest BCUT2D eigenvalue weighted by atomic mass is 10.1. The Bertz CT molecular complexity index is 205. The van der Waals surface area contributed by atoms with Crippen LogP contribution < -0.4 is 5.73 Å². The van der Waals surface area contributed by atoms with Crippen LogP contribution >= 0.6 is 0 Å². The molecule has 1 rings (SSSR count). The molecule has 0 saturated heterocycles. The quantitative estimate of drug-likeness (QED) is 0.642. The minimum atomic E-state index is 0.0423. The van der Waals surface area contributed by atoms with Gasteiger partial charge in [-0.05, 0) is 32.1 Å².